The van der Waals surface area contributed by atoms with Crippen LogP contribution in [0.15, 0.2) is 42.5 Å². The van der Waals surface area contributed by atoms with Crippen molar-refractivity contribution in [3.8, 4) is 0 Å². The summed E-state index contributed by atoms with van der Waals surface area (Å²) < 4.78 is 10.7. The Hall–Kier alpha value is -3.50. The summed E-state index contributed by atoms with van der Waals surface area (Å²) in [4.78, 5) is 39.5. The number of carbonyl (C=O) groups is 3. The number of benzene rings is 2. The van der Waals surface area contributed by atoms with Crippen molar-refractivity contribution in [2.24, 2.45) is 0 Å². The van der Waals surface area contributed by atoms with Crippen molar-refractivity contribution in [2.45, 2.75) is 51.7 Å². The van der Waals surface area contributed by atoms with Gasteiger partial charge in [-0.05, 0) is 63.3 Å². The minimum Gasteiger partial charge on any atom is -0.454 e. The molecule has 166 valence electrons. The molecule has 0 heterocycles. The highest BCUT2D eigenvalue weighted by Gasteiger charge is 2.25. The second-order valence-corrected chi connectivity index (χ2v) is 8.70. The number of aryl methyl sites for hydroxylation is 1. The van der Waals surface area contributed by atoms with Crippen LogP contribution in [0.2, 0.25) is 0 Å². The molecule has 1 unspecified atom stereocenters. The van der Waals surface area contributed by atoms with Crippen LogP contribution < -0.4 is 5.32 Å². The van der Waals surface area contributed by atoms with Gasteiger partial charge in [0.05, 0.1) is 12.7 Å². The lowest BCUT2D eigenvalue weighted by molar-refractivity contribution is -0.164. The molecule has 1 aliphatic carbocycles. The van der Waals surface area contributed by atoms with Crippen LogP contribution >= 0.6 is 0 Å². The molecule has 0 saturated heterocycles. The fraction of sp³-hybridized carbons (Fsp3) is 0.360. The van der Waals surface area contributed by atoms with Gasteiger partial charge in [-0.3, -0.25) is 9.59 Å². The molecule has 0 aliphatic heterocycles. The minimum atomic E-state index is -0.877. The lowest BCUT2D eigenvalue weighted by Crippen LogP contribution is -2.33. The van der Waals surface area contributed by atoms with Crippen LogP contribution in [0, 0.1) is 6.57 Å². The second kappa shape index (κ2) is 9.75. The maximum absolute atomic E-state index is 12.4. The Kier molecular flexibility index (Phi) is 7.06. The Morgan fingerprint density at radius 2 is 1.81 bits per heavy atom. The smallest absolute Gasteiger partial charge is 0.377 e. The summed E-state index contributed by atoms with van der Waals surface area (Å²) in [7, 11) is 0. The zero-order valence-corrected chi connectivity index (χ0v) is 18.4. The third kappa shape index (κ3) is 6.25. The van der Waals surface area contributed by atoms with E-state index < -0.39 is 17.4 Å². The van der Waals surface area contributed by atoms with E-state index in [9.17, 15) is 14.4 Å². The van der Waals surface area contributed by atoms with Gasteiger partial charge in [0.25, 0.3) is 11.7 Å². The monoisotopic (exact) mass is 434 g/mol. The summed E-state index contributed by atoms with van der Waals surface area (Å²) >= 11 is 0. The number of nitrogens with zero attached hydrogens (tertiary/aromatic N) is 1. The third-order valence-electron chi connectivity index (χ3n) is 4.98. The number of rotatable bonds is 6. The van der Waals surface area contributed by atoms with Crippen LogP contribution in [0.4, 0.5) is 11.4 Å². The largest absolute Gasteiger partial charge is 0.454 e. The first-order chi connectivity index (χ1) is 15.1. The molecular weight excluding hydrogens is 408 g/mol. The van der Waals surface area contributed by atoms with Crippen LogP contribution in [0.1, 0.15) is 48.7 Å². The minimum absolute atomic E-state index is 0.157. The lowest BCUT2D eigenvalue weighted by atomic mass is 9.89. The Bertz CT molecular complexity index is 1060. The number of fused-ring (bicyclic) bond motifs is 1. The highest BCUT2D eigenvalue weighted by molar-refractivity contribution is 6.34. The van der Waals surface area contributed by atoms with Gasteiger partial charge in [0.1, 0.15) is 12.2 Å². The van der Waals surface area contributed by atoms with Gasteiger partial charge in [-0.1, -0.05) is 30.3 Å². The summed E-state index contributed by atoms with van der Waals surface area (Å²) in [5.41, 5.74) is 3.15. The third-order valence-corrected chi connectivity index (χ3v) is 4.98. The Labute approximate surface area is 187 Å². The van der Waals surface area contributed by atoms with E-state index in [1.807, 2.05) is 18.2 Å². The normalized spacial score (nSPS) is 15.2. The summed E-state index contributed by atoms with van der Waals surface area (Å²) in [6.45, 7) is 11.8. The number of Topliss-reactive ketones (excluding diaryl/α,β-unsaturated/α-hetero) is 1. The van der Waals surface area contributed by atoms with Gasteiger partial charge in [-0.15, -0.1) is 0 Å². The number of esters is 1. The average molecular weight is 434 g/mol. The van der Waals surface area contributed by atoms with E-state index in [0.717, 1.165) is 17.5 Å². The number of hydrogen-bond donors (Lipinski definition) is 1. The topological polar surface area (TPSA) is 86.1 Å². The average Bonchev–Trinajstić information content (AvgIpc) is 2.76. The van der Waals surface area contributed by atoms with E-state index in [0.29, 0.717) is 29.8 Å². The predicted octanol–water partition coefficient (Wildman–Crippen LogP) is 4.27. The zero-order valence-electron chi connectivity index (χ0n) is 18.4. The zero-order chi connectivity index (χ0) is 23.3. The highest BCUT2D eigenvalue weighted by Crippen LogP contribution is 2.26. The second-order valence-electron chi connectivity index (χ2n) is 8.70. The van der Waals surface area contributed by atoms with Gasteiger partial charge in [0, 0.05) is 11.3 Å². The first-order valence-corrected chi connectivity index (χ1v) is 10.4. The molecule has 32 heavy (non-hydrogen) atoms. The molecule has 3 rings (SSSR count). The maximum Gasteiger partial charge on any atom is 0.377 e. The number of anilines is 1. The fourth-order valence-corrected chi connectivity index (χ4v) is 3.42. The molecule has 2 aromatic carbocycles. The molecule has 0 saturated carbocycles. The number of ether oxygens (including phenoxy) is 2. The van der Waals surface area contributed by atoms with Crippen LogP contribution in [0.5, 0.6) is 0 Å². The number of hydrogen-bond acceptors (Lipinski definition) is 5. The molecule has 1 amide bonds. The molecule has 1 atom stereocenters. The molecule has 0 fully saturated rings. The molecule has 0 aromatic heterocycles. The van der Waals surface area contributed by atoms with Gasteiger partial charge in [0.2, 0.25) is 0 Å². The van der Waals surface area contributed by atoms with Gasteiger partial charge < -0.3 is 14.8 Å². The van der Waals surface area contributed by atoms with Gasteiger partial charge >= 0.3 is 5.97 Å². The number of ketones is 1. The van der Waals surface area contributed by atoms with Crippen molar-refractivity contribution in [1.29, 1.82) is 0 Å². The van der Waals surface area contributed by atoms with Crippen molar-refractivity contribution in [3.63, 3.8) is 0 Å². The van der Waals surface area contributed by atoms with Crippen LogP contribution in [0.25, 0.3) is 4.85 Å². The quantitative estimate of drug-likeness (QED) is 0.417. The van der Waals surface area contributed by atoms with Crippen molar-refractivity contribution < 1.29 is 23.9 Å². The summed E-state index contributed by atoms with van der Waals surface area (Å²) in [5, 5.41) is 2.88. The number of amides is 1. The van der Waals surface area contributed by atoms with Crippen LogP contribution in [0.3, 0.4) is 0 Å². The van der Waals surface area contributed by atoms with E-state index in [1.165, 1.54) is 0 Å². The molecule has 0 radical (unpaired) electrons. The molecule has 2 aromatic rings. The van der Waals surface area contributed by atoms with E-state index in [1.54, 1.807) is 45.0 Å². The van der Waals surface area contributed by atoms with Gasteiger partial charge in [-0.2, -0.15) is 0 Å². The van der Waals surface area contributed by atoms with E-state index >= 15 is 0 Å². The summed E-state index contributed by atoms with van der Waals surface area (Å²) in [6, 6.07) is 12.2. The Morgan fingerprint density at radius 1 is 1.09 bits per heavy atom. The fourth-order valence-electron chi connectivity index (χ4n) is 3.42. The molecule has 0 bridgehead atoms. The van der Waals surface area contributed by atoms with E-state index in [4.69, 9.17) is 16.0 Å². The van der Waals surface area contributed by atoms with Crippen LogP contribution in [-0.2, 0) is 31.9 Å². The molecule has 7 nitrogen and oxygen atoms in total. The van der Waals surface area contributed by atoms with Crippen LogP contribution in [-0.4, -0.2) is 36.0 Å². The van der Waals surface area contributed by atoms with E-state index in [2.05, 4.69) is 10.2 Å². The standard InChI is InChI=1S/C25H26N2O5/c1-25(2,3)32-24(30)22(28)15-31-21-12-8-17-13-20(11-7-18(17)14-21)27-23(29)16-5-9-19(26-4)10-6-16/h5-7,9-11,13,21H,8,12,14-15H2,1-3H3,(H,27,29). The summed E-state index contributed by atoms with van der Waals surface area (Å²) in [5.74, 6) is -1.80. The van der Waals surface area contributed by atoms with Crippen molar-refractivity contribution in [1.82, 2.24) is 0 Å². The SMILES string of the molecule is [C-]#[N+]c1ccc(C(=O)Nc2ccc3c(c2)CCC(OCC(=O)C(=O)OC(C)(C)C)C3)cc1. The van der Waals surface area contributed by atoms with Crippen molar-refractivity contribution in [2.75, 3.05) is 11.9 Å². The first kappa shape index (κ1) is 23.2. The van der Waals surface area contributed by atoms with E-state index in [-0.39, 0.29) is 18.6 Å². The van der Waals surface area contributed by atoms with Gasteiger partial charge in [-0.25, -0.2) is 9.64 Å². The lowest BCUT2D eigenvalue weighted by Gasteiger charge is -2.25. The van der Waals surface area contributed by atoms with Crippen molar-refractivity contribution in [3.05, 3.63) is 70.6 Å². The van der Waals surface area contributed by atoms with Crippen molar-refractivity contribution >= 4 is 29.0 Å². The Balaban J connectivity index is 1.54. The highest BCUT2D eigenvalue weighted by atomic mass is 16.6. The Morgan fingerprint density at radius 3 is 2.47 bits per heavy atom. The number of nitrogens with one attached hydrogen (secondary N) is 1. The number of carbonyl (C=O) groups excluding carboxylic acids is 3. The first-order valence-electron chi connectivity index (χ1n) is 10.4. The molecular formula is C25H26N2O5. The molecule has 1 N–H and O–H groups in total. The summed E-state index contributed by atoms with van der Waals surface area (Å²) in [6.07, 6.45) is 1.92. The van der Waals surface area contributed by atoms with Gasteiger partial charge in [0.15, 0.2) is 5.69 Å². The predicted molar refractivity (Wildman–Crippen MR) is 120 cm³/mol. The molecule has 7 heteroatoms. The maximum atomic E-state index is 12.4. The molecule has 0 spiro atoms. The molecule has 1 aliphatic rings.